The highest BCUT2D eigenvalue weighted by Gasteiger charge is 2.31. The first-order chi connectivity index (χ1) is 17.0. The number of anilines is 1. The number of nitrogens with zero attached hydrogens (tertiary/aromatic N) is 3. The van der Waals surface area contributed by atoms with Crippen LogP contribution in [0.5, 0.6) is 0 Å². The van der Waals surface area contributed by atoms with E-state index in [0.717, 1.165) is 24.1 Å². The van der Waals surface area contributed by atoms with Crippen molar-refractivity contribution in [3.8, 4) is 0 Å². The van der Waals surface area contributed by atoms with Crippen LogP contribution in [-0.2, 0) is 29.1 Å². The zero-order valence-corrected chi connectivity index (χ0v) is 19.4. The van der Waals surface area contributed by atoms with Gasteiger partial charge in [-0.15, -0.1) is 0 Å². The Hall–Kier alpha value is -4.14. The molecule has 1 aliphatic heterocycles. The second-order valence-electron chi connectivity index (χ2n) is 8.57. The van der Waals surface area contributed by atoms with Gasteiger partial charge in [0.15, 0.2) is 0 Å². The van der Waals surface area contributed by atoms with Crippen molar-refractivity contribution in [1.29, 1.82) is 0 Å². The van der Waals surface area contributed by atoms with E-state index in [1.54, 1.807) is 29.6 Å². The molecule has 4 rings (SSSR count). The molecule has 0 saturated carbocycles. The molecule has 0 radical (unpaired) electrons. The summed E-state index contributed by atoms with van der Waals surface area (Å²) in [6.07, 6.45) is 6.41. The van der Waals surface area contributed by atoms with E-state index in [4.69, 9.17) is 0 Å². The highest BCUT2D eigenvalue weighted by atomic mass is 16.4. The number of hydrogen-bond acceptors (Lipinski definition) is 5. The largest absolute Gasteiger partial charge is 0.481 e. The molecule has 2 heterocycles. The molecular weight excluding hydrogens is 446 g/mol. The Bertz CT molecular complexity index is 1160. The summed E-state index contributed by atoms with van der Waals surface area (Å²) in [7, 11) is 0. The molecule has 1 aromatic heterocycles. The number of amides is 2. The Labute approximate surface area is 203 Å². The van der Waals surface area contributed by atoms with E-state index >= 15 is 0 Å². The highest BCUT2D eigenvalue weighted by molar-refractivity contribution is 5.96. The fourth-order valence-electron chi connectivity index (χ4n) is 4.14. The standard InChI is InChI=1S/C26H29N5O4/c32-24(33)16-23-26(35)31(13-9-19-5-2-1-3-6-19)17-21-8-7-20(15-22(21)29-23)25(34)28-10-4-12-30-14-11-27-18-30/h1-3,5-8,11,14-15,18,23,29H,4,9-10,12-13,16-17H2,(H,28,34)(H,32,33)/t23-/m1/s1. The Kier molecular flexibility index (Phi) is 7.77. The zero-order chi connectivity index (χ0) is 24.6. The van der Waals surface area contributed by atoms with Gasteiger partial charge in [0.1, 0.15) is 6.04 Å². The van der Waals surface area contributed by atoms with Crippen molar-refractivity contribution in [1.82, 2.24) is 19.8 Å². The third-order valence-electron chi connectivity index (χ3n) is 6.00. The van der Waals surface area contributed by atoms with E-state index in [9.17, 15) is 19.5 Å². The SMILES string of the molecule is O=C(O)C[C@H]1Nc2cc(C(=O)NCCCn3ccnc3)ccc2CN(CCc2ccccc2)C1=O. The van der Waals surface area contributed by atoms with Crippen LogP contribution in [0.3, 0.4) is 0 Å². The minimum Gasteiger partial charge on any atom is -0.481 e. The average molecular weight is 476 g/mol. The van der Waals surface area contributed by atoms with Gasteiger partial charge in [0.25, 0.3) is 5.91 Å². The number of aryl methyl sites for hydroxylation is 1. The van der Waals surface area contributed by atoms with Gasteiger partial charge < -0.3 is 25.2 Å². The second-order valence-corrected chi connectivity index (χ2v) is 8.57. The van der Waals surface area contributed by atoms with E-state index in [1.165, 1.54) is 0 Å². The quantitative estimate of drug-likeness (QED) is 0.388. The van der Waals surface area contributed by atoms with Gasteiger partial charge in [0.2, 0.25) is 5.91 Å². The van der Waals surface area contributed by atoms with Crippen LogP contribution in [0.25, 0.3) is 0 Å². The van der Waals surface area contributed by atoms with Crippen LogP contribution in [0.2, 0.25) is 0 Å². The van der Waals surface area contributed by atoms with Gasteiger partial charge in [-0.05, 0) is 36.1 Å². The summed E-state index contributed by atoms with van der Waals surface area (Å²) in [6.45, 7) is 2.08. The van der Waals surface area contributed by atoms with Crippen LogP contribution >= 0.6 is 0 Å². The molecule has 0 unspecified atom stereocenters. The third-order valence-corrected chi connectivity index (χ3v) is 6.00. The number of aliphatic carboxylic acids is 1. The van der Waals surface area contributed by atoms with Crippen molar-refractivity contribution in [2.75, 3.05) is 18.4 Å². The van der Waals surface area contributed by atoms with Crippen molar-refractivity contribution < 1.29 is 19.5 Å². The number of rotatable bonds is 10. The minimum absolute atomic E-state index is 0.216. The number of carbonyl (C=O) groups is 3. The second kappa shape index (κ2) is 11.3. The number of nitrogens with one attached hydrogen (secondary N) is 2. The van der Waals surface area contributed by atoms with Gasteiger partial charge in [-0.25, -0.2) is 4.98 Å². The van der Waals surface area contributed by atoms with Crippen LogP contribution in [0.4, 0.5) is 5.69 Å². The number of aromatic nitrogens is 2. The number of carboxylic acids is 1. The molecule has 9 nitrogen and oxygen atoms in total. The number of fused-ring (bicyclic) bond motifs is 1. The van der Waals surface area contributed by atoms with E-state index in [1.807, 2.05) is 47.2 Å². The molecule has 0 aliphatic carbocycles. The topological polar surface area (TPSA) is 117 Å². The maximum atomic E-state index is 13.2. The molecule has 0 spiro atoms. The molecule has 3 N–H and O–H groups in total. The Balaban J connectivity index is 1.44. The van der Waals surface area contributed by atoms with Crippen LogP contribution in [0.15, 0.2) is 67.3 Å². The summed E-state index contributed by atoms with van der Waals surface area (Å²) in [6, 6.07) is 14.2. The number of hydrogen-bond donors (Lipinski definition) is 3. The normalized spacial score (nSPS) is 15.1. The van der Waals surface area contributed by atoms with E-state index in [-0.39, 0.29) is 18.2 Å². The molecule has 35 heavy (non-hydrogen) atoms. The van der Waals surface area contributed by atoms with Gasteiger partial charge in [0, 0.05) is 49.8 Å². The molecule has 3 aromatic rings. The first-order valence-corrected chi connectivity index (χ1v) is 11.7. The molecular formula is C26H29N5O4. The van der Waals surface area contributed by atoms with Crippen molar-refractivity contribution in [2.24, 2.45) is 0 Å². The number of benzene rings is 2. The maximum Gasteiger partial charge on any atom is 0.305 e. The molecule has 1 aliphatic rings. The van der Waals surface area contributed by atoms with E-state index in [2.05, 4.69) is 15.6 Å². The van der Waals surface area contributed by atoms with Crippen molar-refractivity contribution in [3.05, 3.63) is 83.9 Å². The zero-order valence-electron chi connectivity index (χ0n) is 19.4. The lowest BCUT2D eigenvalue weighted by atomic mass is 10.1. The number of carbonyl (C=O) groups excluding carboxylic acids is 2. The lowest BCUT2D eigenvalue weighted by Crippen LogP contribution is -2.42. The van der Waals surface area contributed by atoms with Gasteiger partial charge in [-0.3, -0.25) is 14.4 Å². The Morgan fingerprint density at radius 3 is 2.71 bits per heavy atom. The number of imidazole rings is 1. The molecule has 0 bridgehead atoms. The molecule has 2 aromatic carbocycles. The maximum absolute atomic E-state index is 13.2. The first kappa shape index (κ1) is 24.0. The first-order valence-electron chi connectivity index (χ1n) is 11.7. The Morgan fingerprint density at radius 2 is 1.97 bits per heavy atom. The lowest BCUT2D eigenvalue weighted by Gasteiger charge is -2.24. The van der Waals surface area contributed by atoms with Crippen LogP contribution < -0.4 is 10.6 Å². The summed E-state index contributed by atoms with van der Waals surface area (Å²) < 4.78 is 1.95. The predicted molar refractivity (Wildman–Crippen MR) is 131 cm³/mol. The Morgan fingerprint density at radius 1 is 1.14 bits per heavy atom. The van der Waals surface area contributed by atoms with Crippen LogP contribution in [0.1, 0.15) is 34.3 Å². The average Bonchev–Trinajstić information content (AvgIpc) is 3.34. The minimum atomic E-state index is -1.06. The fourth-order valence-corrected chi connectivity index (χ4v) is 4.14. The molecule has 0 saturated heterocycles. The van der Waals surface area contributed by atoms with Gasteiger partial charge in [0.05, 0.1) is 12.7 Å². The van der Waals surface area contributed by atoms with E-state index < -0.39 is 12.0 Å². The summed E-state index contributed by atoms with van der Waals surface area (Å²) in [5, 5.41) is 15.4. The summed E-state index contributed by atoms with van der Waals surface area (Å²) in [4.78, 5) is 43.0. The molecule has 0 fully saturated rings. The van der Waals surface area contributed by atoms with Gasteiger partial charge >= 0.3 is 5.97 Å². The van der Waals surface area contributed by atoms with Gasteiger partial charge in [-0.2, -0.15) is 0 Å². The van der Waals surface area contributed by atoms with Crippen LogP contribution in [0, 0.1) is 0 Å². The van der Waals surface area contributed by atoms with Gasteiger partial charge in [-0.1, -0.05) is 36.4 Å². The molecule has 2 amide bonds. The monoisotopic (exact) mass is 475 g/mol. The summed E-state index contributed by atoms with van der Waals surface area (Å²) in [5.41, 5.74) is 3.01. The molecule has 1 atom stereocenters. The molecule has 182 valence electrons. The van der Waals surface area contributed by atoms with Crippen molar-refractivity contribution in [2.45, 2.75) is 38.4 Å². The molecule has 9 heteroatoms. The van der Waals surface area contributed by atoms with Crippen molar-refractivity contribution >= 4 is 23.5 Å². The third kappa shape index (κ3) is 6.47. The summed E-state index contributed by atoms with van der Waals surface area (Å²) in [5.74, 6) is -1.54. The number of carboxylic acid groups (broad SMARTS) is 1. The fraction of sp³-hybridized carbons (Fsp3) is 0.308. The van der Waals surface area contributed by atoms with Crippen molar-refractivity contribution in [3.63, 3.8) is 0 Å². The van der Waals surface area contributed by atoms with Crippen LogP contribution in [-0.4, -0.2) is 56.5 Å². The highest BCUT2D eigenvalue weighted by Crippen LogP contribution is 2.26. The predicted octanol–water partition coefficient (Wildman–Crippen LogP) is 2.54. The van der Waals surface area contributed by atoms with E-state index in [0.29, 0.717) is 37.3 Å². The summed E-state index contributed by atoms with van der Waals surface area (Å²) >= 11 is 0. The smallest absolute Gasteiger partial charge is 0.305 e. The lowest BCUT2D eigenvalue weighted by molar-refractivity contribution is -0.141.